The van der Waals surface area contributed by atoms with Gasteiger partial charge in [-0.25, -0.2) is 0 Å². The van der Waals surface area contributed by atoms with E-state index in [0.29, 0.717) is 0 Å². The molecule has 2 unspecified atom stereocenters. The van der Waals surface area contributed by atoms with Crippen LogP contribution in [0.1, 0.15) is 11.6 Å². The molecule has 2 heterocycles. The predicted octanol–water partition coefficient (Wildman–Crippen LogP) is 0.673. The summed E-state index contributed by atoms with van der Waals surface area (Å²) in [5, 5.41) is 3.37. The van der Waals surface area contributed by atoms with Gasteiger partial charge in [-0.1, -0.05) is 6.07 Å². The van der Waals surface area contributed by atoms with Gasteiger partial charge in [0.2, 0.25) is 0 Å². The molecule has 4 heteroatoms. The number of likely N-dealkylation sites (N-methyl/N-ethyl adjacent to an activating group) is 1. The van der Waals surface area contributed by atoms with Crippen molar-refractivity contribution in [3.05, 3.63) is 30.1 Å². The van der Waals surface area contributed by atoms with Crippen molar-refractivity contribution in [1.82, 2.24) is 15.2 Å². The van der Waals surface area contributed by atoms with Gasteiger partial charge in [0.05, 0.1) is 18.8 Å². The van der Waals surface area contributed by atoms with Crippen LogP contribution >= 0.6 is 0 Å². The molecule has 0 saturated carbocycles. The molecule has 0 amide bonds. The van der Waals surface area contributed by atoms with Crippen molar-refractivity contribution in [2.75, 3.05) is 33.8 Å². The van der Waals surface area contributed by atoms with Gasteiger partial charge in [0, 0.05) is 25.5 Å². The maximum atomic E-state index is 5.82. The highest BCUT2D eigenvalue weighted by Crippen LogP contribution is 2.24. The SMILES string of the molecule is CN(C)C(c1cccnc1)C1CNCCO1. The normalized spacial score (nSPS) is 23.3. The Bertz CT molecular complexity index is 309. The van der Waals surface area contributed by atoms with Crippen LogP contribution in [0.4, 0.5) is 0 Å². The molecule has 2 atom stereocenters. The summed E-state index contributed by atoms with van der Waals surface area (Å²) in [6, 6.07) is 4.35. The van der Waals surface area contributed by atoms with Gasteiger partial charge in [0.1, 0.15) is 0 Å². The molecule has 1 fully saturated rings. The zero-order valence-electron chi connectivity index (χ0n) is 9.89. The van der Waals surface area contributed by atoms with Crippen LogP contribution in [-0.2, 0) is 4.74 Å². The third kappa shape index (κ3) is 2.58. The van der Waals surface area contributed by atoms with Crippen molar-refractivity contribution in [3.8, 4) is 0 Å². The molecular formula is C12H19N3O. The van der Waals surface area contributed by atoms with E-state index in [2.05, 4.69) is 35.4 Å². The molecule has 88 valence electrons. The second kappa shape index (κ2) is 5.39. The molecule has 1 aromatic heterocycles. The van der Waals surface area contributed by atoms with E-state index >= 15 is 0 Å². The first-order chi connectivity index (χ1) is 7.79. The molecular weight excluding hydrogens is 202 g/mol. The fourth-order valence-electron chi connectivity index (χ4n) is 2.18. The van der Waals surface area contributed by atoms with Crippen molar-refractivity contribution in [2.24, 2.45) is 0 Å². The molecule has 0 spiro atoms. The van der Waals surface area contributed by atoms with Gasteiger partial charge in [0.15, 0.2) is 0 Å². The van der Waals surface area contributed by atoms with Crippen molar-refractivity contribution in [1.29, 1.82) is 0 Å². The predicted molar refractivity (Wildman–Crippen MR) is 63.3 cm³/mol. The van der Waals surface area contributed by atoms with E-state index in [9.17, 15) is 0 Å². The van der Waals surface area contributed by atoms with Crippen LogP contribution in [0.15, 0.2) is 24.5 Å². The molecule has 0 radical (unpaired) electrons. The second-order valence-corrected chi connectivity index (χ2v) is 4.31. The number of aromatic nitrogens is 1. The first-order valence-corrected chi connectivity index (χ1v) is 5.67. The van der Waals surface area contributed by atoms with E-state index in [1.807, 2.05) is 12.3 Å². The van der Waals surface area contributed by atoms with Crippen molar-refractivity contribution in [3.63, 3.8) is 0 Å². The topological polar surface area (TPSA) is 37.4 Å². The Morgan fingerprint density at radius 2 is 2.44 bits per heavy atom. The molecule has 0 aliphatic carbocycles. The van der Waals surface area contributed by atoms with Gasteiger partial charge < -0.3 is 10.1 Å². The lowest BCUT2D eigenvalue weighted by Crippen LogP contribution is -2.45. The van der Waals surface area contributed by atoms with Crippen LogP contribution in [0.3, 0.4) is 0 Å². The molecule has 1 aliphatic rings. The van der Waals surface area contributed by atoms with Crippen LogP contribution in [0.5, 0.6) is 0 Å². The summed E-state index contributed by atoms with van der Waals surface area (Å²) in [7, 11) is 4.16. The number of ether oxygens (including phenoxy) is 1. The summed E-state index contributed by atoms with van der Waals surface area (Å²) in [5.41, 5.74) is 1.21. The first-order valence-electron chi connectivity index (χ1n) is 5.67. The van der Waals surface area contributed by atoms with E-state index in [1.165, 1.54) is 5.56 Å². The molecule has 1 aliphatic heterocycles. The fraction of sp³-hybridized carbons (Fsp3) is 0.583. The van der Waals surface area contributed by atoms with E-state index < -0.39 is 0 Å². The van der Waals surface area contributed by atoms with Gasteiger partial charge in [-0.3, -0.25) is 9.88 Å². The third-order valence-electron chi connectivity index (χ3n) is 2.89. The molecule has 1 saturated heterocycles. The van der Waals surface area contributed by atoms with Crippen LogP contribution in [0.25, 0.3) is 0 Å². The minimum absolute atomic E-state index is 0.202. The third-order valence-corrected chi connectivity index (χ3v) is 2.89. The quantitative estimate of drug-likeness (QED) is 0.814. The molecule has 1 aromatic rings. The van der Waals surface area contributed by atoms with Crippen LogP contribution in [-0.4, -0.2) is 49.8 Å². The molecule has 16 heavy (non-hydrogen) atoms. The standard InChI is InChI=1S/C12H19N3O/c1-15(2)12(10-4-3-5-13-8-10)11-9-14-6-7-16-11/h3-5,8,11-12,14H,6-7,9H2,1-2H3. The van der Waals surface area contributed by atoms with Crippen molar-refractivity contribution in [2.45, 2.75) is 12.1 Å². The molecule has 0 aromatic carbocycles. The summed E-state index contributed by atoms with van der Waals surface area (Å²) in [5.74, 6) is 0. The number of hydrogen-bond donors (Lipinski definition) is 1. The Kier molecular flexibility index (Phi) is 3.88. The van der Waals surface area contributed by atoms with Crippen LogP contribution in [0, 0.1) is 0 Å². The van der Waals surface area contributed by atoms with Gasteiger partial charge in [0.25, 0.3) is 0 Å². The van der Waals surface area contributed by atoms with Gasteiger partial charge >= 0.3 is 0 Å². The Balaban J connectivity index is 2.16. The Morgan fingerprint density at radius 3 is 3.00 bits per heavy atom. The van der Waals surface area contributed by atoms with Crippen LogP contribution in [0.2, 0.25) is 0 Å². The summed E-state index contributed by atoms with van der Waals surface area (Å²) >= 11 is 0. The zero-order valence-corrected chi connectivity index (χ0v) is 9.89. The largest absolute Gasteiger partial charge is 0.374 e. The molecule has 0 bridgehead atoms. The smallest absolute Gasteiger partial charge is 0.0896 e. The van der Waals surface area contributed by atoms with Gasteiger partial charge in [-0.05, 0) is 25.7 Å². The first kappa shape index (κ1) is 11.5. The van der Waals surface area contributed by atoms with Crippen molar-refractivity contribution >= 4 is 0 Å². The average Bonchev–Trinajstić information content (AvgIpc) is 2.31. The summed E-state index contributed by atoms with van der Waals surface area (Å²) in [6.45, 7) is 2.64. The number of nitrogens with one attached hydrogen (secondary N) is 1. The summed E-state index contributed by atoms with van der Waals surface area (Å²) in [4.78, 5) is 6.37. The lowest BCUT2D eigenvalue weighted by Gasteiger charge is -2.35. The maximum absolute atomic E-state index is 5.82. The highest BCUT2D eigenvalue weighted by molar-refractivity contribution is 5.16. The zero-order chi connectivity index (χ0) is 11.4. The average molecular weight is 221 g/mol. The Hall–Kier alpha value is -0.970. The molecule has 1 N–H and O–H groups in total. The Morgan fingerprint density at radius 1 is 1.56 bits per heavy atom. The number of pyridine rings is 1. The molecule has 2 rings (SSSR count). The highest BCUT2D eigenvalue weighted by atomic mass is 16.5. The number of nitrogens with zero attached hydrogens (tertiary/aromatic N) is 2. The van der Waals surface area contributed by atoms with Crippen LogP contribution < -0.4 is 5.32 Å². The van der Waals surface area contributed by atoms with E-state index in [1.54, 1.807) is 6.20 Å². The molecule has 4 nitrogen and oxygen atoms in total. The van der Waals surface area contributed by atoms with E-state index in [4.69, 9.17) is 4.74 Å². The highest BCUT2D eigenvalue weighted by Gasteiger charge is 2.27. The number of morpholine rings is 1. The summed E-state index contributed by atoms with van der Waals surface area (Å²) < 4.78 is 5.82. The minimum Gasteiger partial charge on any atom is -0.374 e. The second-order valence-electron chi connectivity index (χ2n) is 4.31. The number of rotatable bonds is 3. The summed E-state index contributed by atoms with van der Waals surface area (Å²) in [6.07, 6.45) is 3.92. The maximum Gasteiger partial charge on any atom is 0.0896 e. The monoisotopic (exact) mass is 221 g/mol. The van der Waals surface area contributed by atoms with Crippen molar-refractivity contribution < 1.29 is 4.74 Å². The number of hydrogen-bond acceptors (Lipinski definition) is 4. The minimum atomic E-state index is 0.202. The fourth-order valence-corrected chi connectivity index (χ4v) is 2.18. The van der Waals surface area contributed by atoms with Gasteiger partial charge in [-0.15, -0.1) is 0 Å². The lowest BCUT2D eigenvalue weighted by molar-refractivity contribution is -0.0212. The van der Waals surface area contributed by atoms with Gasteiger partial charge in [-0.2, -0.15) is 0 Å². The van der Waals surface area contributed by atoms with E-state index in [0.717, 1.165) is 19.7 Å². The lowest BCUT2D eigenvalue weighted by atomic mass is 10.0. The Labute approximate surface area is 96.6 Å². The van der Waals surface area contributed by atoms with E-state index in [-0.39, 0.29) is 12.1 Å².